The van der Waals surface area contributed by atoms with E-state index in [-0.39, 0.29) is 0 Å². The lowest BCUT2D eigenvalue weighted by Gasteiger charge is -2.34. The van der Waals surface area contributed by atoms with Gasteiger partial charge in [-0.15, -0.1) is 0 Å². The molecule has 0 N–H and O–H groups in total. The van der Waals surface area contributed by atoms with E-state index in [9.17, 15) is 8.42 Å². The molecular weight excluding hydrogens is 276 g/mol. The molecule has 6 heteroatoms. The molecule has 1 saturated carbocycles. The van der Waals surface area contributed by atoms with Crippen molar-refractivity contribution in [2.45, 2.75) is 23.8 Å². The molecule has 0 radical (unpaired) electrons. The third-order valence-electron chi connectivity index (χ3n) is 4.03. The minimum Gasteiger partial charge on any atom is -0.497 e. The summed E-state index contributed by atoms with van der Waals surface area (Å²) < 4.78 is 31.7. The SMILES string of the molecule is COc1ccc(S(=O)(=O)N2CCN(C3CC3)CC2)cc1. The molecule has 5 nitrogen and oxygen atoms in total. The summed E-state index contributed by atoms with van der Waals surface area (Å²) in [5.74, 6) is 0.669. The zero-order valence-electron chi connectivity index (χ0n) is 11.7. The van der Waals surface area contributed by atoms with Crippen LogP contribution in [0.2, 0.25) is 0 Å². The molecule has 110 valence electrons. The molecule has 0 amide bonds. The molecule has 1 aromatic carbocycles. The monoisotopic (exact) mass is 296 g/mol. The Morgan fingerprint density at radius 1 is 1.05 bits per heavy atom. The van der Waals surface area contributed by atoms with Crippen LogP contribution >= 0.6 is 0 Å². The Kier molecular flexibility index (Phi) is 3.70. The number of ether oxygens (including phenoxy) is 1. The van der Waals surface area contributed by atoms with Gasteiger partial charge in [-0.1, -0.05) is 0 Å². The van der Waals surface area contributed by atoms with Crippen molar-refractivity contribution >= 4 is 10.0 Å². The fourth-order valence-corrected chi connectivity index (χ4v) is 4.07. The molecule has 1 heterocycles. The molecule has 0 bridgehead atoms. The second kappa shape index (κ2) is 5.35. The van der Waals surface area contributed by atoms with Crippen LogP contribution in [0.15, 0.2) is 29.2 Å². The highest BCUT2D eigenvalue weighted by Gasteiger charge is 2.34. The Labute approximate surface area is 120 Å². The van der Waals surface area contributed by atoms with Gasteiger partial charge in [-0.25, -0.2) is 8.42 Å². The lowest BCUT2D eigenvalue weighted by Crippen LogP contribution is -2.49. The van der Waals surface area contributed by atoms with Crippen molar-refractivity contribution in [3.63, 3.8) is 0 Å². The Morgan fingerprint density at radius 2 is 1.65 bits per heavy atom. The molecule has 1 aromatic rings. The van der Waals surface area contributed by atoms with E-state index in [1.165, 1.54) is 12.8 Å². The van der Waals surface area contributed by atoms with Crippen molar-refractivity contribution < 1.29 is 13.2 Å². The number of hydrogen-bond donors (Lipinski definition) is 0. The second-order valence-electron chi connectivity index (χ2n) is 5.35. The standard InChI is InChI=1S/C14H20N2O3S/c1-19-13-4-6-14(7-5-13)20(17,18)16-10-8-15(9-11-16)12-2-3-12/h4-7,12H,2-3,8-11H2,1H3. The van der Waals surface area contributed by atoms with Crippen LogP contribution in [0.1, 0.15) is 12.8 Å². The maximum Gasteiger partial charge on any atom is 0.243 e. The predicted molar refractivity (Wildman–Crippen MR) is 76.3 cm³/mol. The highest BCUT2D eigenvalue weighted by Crippen LogP contribution is 2.28. The molecule has 0 unspecified atom stereocenters. The fourth-order valence-electron chi connectivity index (χ4n) is 2.65. The van der Waals surface area contributed by atoms with Gasteiger partial charge >= 0.3 is 0 Å². The first kappa shape index (κ1) is 13.9. The first-order chi connectivity index (χ1) is 9.61. The maximum absolute atomic E-state index is 12.5. The number of benzene rings is 1. The average Bonchev–Trinajstić information content (AvgIpc) is 3.32. The number of nitrogens with zero attached hydrogens (tertiary/aromatic N) is 2. The van der Waals surface area contributed by atoms with Crippen molar-refractivity contribution in [3.05, 3.63) is 24.3 Å². The van der Waals surface area contributed by atoms with Gasteiger partial charge in [0.05, 0.1) is 12.0 Å². The van der Waals surface area contributed by atoms with E-state index < -0.39 is 10.0 Å². The fraction of sp³-hybridized carbons (Fsp3) is 0.571. The summed E-state index contributed by atoms with van der Waals surface area (Å²) in [5, 5.41) is 0. The minimum atomic E-state index is -3.36. The third-order valence-corrected chi connectivity index (χ3v) is 5.95. The molecule has 0 atom stereocenters. The van der Waals surface area contributed by atoms with E-state index in [1.807, 2.05) is 0 Å². The molecule has 2 aliphatic rings. The van der Waals surface area contributed by atoms with Gasteiger partial charge in [0.1, 0.15) is 5.75 Å². The van der Waals surface area contributed by atoms with Gasteiger partial charge in [0.25, 0.3) is 0 Å². The van der Waals surface area contributed by atoms with Gasteiger partial charge in [-0.2, -0.15) is 4.31 Å². The van der Waals surface area contributed by atoms with E-state index in [0.29, 0.717) is 29.8 Å². The summed E-state index contributed by atoms with van der Waals surface area (Å²) in [4.78, 5) is 2.75. The highest BCUT2D eigenvalue weighted by atomic mass is 32.2. The Morgan fingerprint density at radius 3 is 2.15 bits per heavy atom. The molecule has 1 aliphatic carbocycles. The normalized spacial score (nSPS) is 21.9. The van der Waals surface area contributed by atoms with Crippen LogP contribution in [-0.4, -0.2) is 57.0 Å². The van der Waals surface area contributed by atoms with E-state index >= 15 is 0 Å². The van der Waals surface area contributed by atoms with E-state index in [4.69, 9.17) is 4.74 Å². The first-order valence-electron chi connectivity index (χ1n) is 6.99. The minimum absolute atomic E-state index is 0.346. The van der Waals surface area contributed by atoms with E-state index in [1.54, 1.807) is 35.7 Å². The van der Waals surface area contributed by atoms with Gasteiger partial charge in [-0.3, -0.25) is 4.90 Å². The molecule has 20 heavy (non-hydrogen) atoms. The van der Waals surface area contributed by atoms with Crippen molar-refractivity contribution in [1.82, 2.24) is 9.21 Å². The van der Waals surface area contributed by atoms with Gasteiger partial charge < -0.3 is 4.74 Å². The van der Waals surface area contributed by atoms with Crippen molar-refractivity contribution in [3.8, 4) is 5.75 Å². The maximum atomic E-state index is 12.5. The Hall–Kier alpha value is -1.11. The molecule has 2 fully saturated rings. The topological polar surface area (TPSA) is 49.9 Å². The van der Waals surface area contributed by atoms with E-state index in [0.717, 1.165) is 13.1 Å². The van der Waals surface area contributed by atoms with Crippen LogP contribution in [0.25, 0.3) is 0 Å². The van der Waals surface area contributed by atoms with Crippen molar-refractivity contribution in [1.29, 1.82) is 0 Å². The Bertz CT molecular complexity index is 559. The molecule has 0 aromatic heterocycles. The molecule has 3 rings (SSSR count). The highest BCUT2D eigenvalue weighted by molar-refractivity contribution is 7.89. The molecule has 0 spiro atoms. The predicted octanol–water partition coefficient (Wildman–Crippen LogP) is 1.16. The smallest absolute Gasteiger partial charge is 0.243 e. The first-order valence-corrected chi connectivity index (χ1v) is 8.43. The largest absolute Gasteiger partial charge is 0.497 e. The lowest BCUT2D eigenvalue weighted by molar-refractivity contribution is 0.180. The van der Waals surface area contributed by atoms with Gasteiger partial charge in [-0.05, 0) is 37.1 Å². The lowest BCUT2D eigenvalue weighted by atomic mass is 10.3. The average molecular weight is 296 g/mol. The summed E-state index contributed by atoms with van der Waals surface area (Å²) in [5.41, 5.74) is 0. The number of sulfonamides is 1. The summed E-state index contributed by atoms with van der Waals surface area (Å²) in [6.45, 7) is 2.87. The quantitative estimate of drug-likeness (QED) is 0.837. The van der Waals surface area contributed by atoms with Gasteiger partial charge in [0.15, 0.2) is 0 Å². The van der Waals surface area contributed by atoms with Crippen LogP contribution < -0.4 is 4.74 Å². The van der Waals surface area contributed by atoms with Crippen LogP contribution in [0.4, 0.5) is 0 Å². The summed E-state index contributed by atoms with van der Waals surface area (Å²) in [6, 6.07) is 7.31. The number of methoxy groups -OCH3 is 1. The summed E-state index contributed by atoms with van der Waals surface area (Å²) in [7, 11) is -1.79. The summed E-state index contributed by atoms with van der Waals surface area (Å²) in [6.07, 6.45) is 2.54. The van der Waals surface area contributed by atoms with E-state index in [2.05, 4.69) is 4.90 Å². The van der Waals surface area contributed by atoms with Crippen LogP contribution in [-0.2, 0) is 10.0 Å². The molecular formula is C14H20N2O3S. The third kappa shape index (κ3) is 2.68. The van der Waals surface area contributed by atoms with Crippen LogP contribution in [0.3, 0.4) is 0 Å². The number of rotatable bonds is 4. The van der Waals surface area contributed by atoms with Crippen molar-refractivity contribution in [2.24, 2.45) is 0 Å². The number of piperazine rings is 1. The zero-order chi connectivity index (χ0) is 14.2. The Balaban J connectivity index is 1.71. The van der Waals surface area contributed by atoms with Crippen molar-refractivity contribution in [2.75, 3.05) is 33.3 Å². The second-order valence-corrected chi connectivity index (χ2v) is 7.28. The van der Waals surface area contributed by atoms with Gasteiger partial charge in [0, 0.05) is 32.2 Å². The van der Waals surface area contributed by atoms with Crippen LogP contribution in [0, 0.1) is 0 Å². The molecule has 1 aliphatic heterocycles. The summed E-state index contributed by atoms with van der Waals surface area (Å²) >= 11 is 0. The molecule has 1 saturated heterocycles. The number of hydrogen-bond acceptors (Lipinski definition) is 4. The van der Waals surface area contributed by atoms with Crippen LogP contribution in [0.5, 0.6) is 5.75 Å². The van der Waals surface area contributed by atoms with Gasteiger partial charge in [0.2, 0.25) is 10.0 Å². The zero-order valence-corrected chi connectivity index (χ0v) is 12.5.